The van der Waals surface area contributed by atoms with Crippen LogP contribution in [0.3, 0.4) is 0 Å². The minimum atomic E-state index is -0.138. The summed E-state index contributed by atoms with van der Waals surface area (Å²) in [7, 11) is 0. The van der Waals surface area contributed by atoms with E-state index in [0.29, 0.717) is 16.7 Å². The maximum absolute atomic E-state index is 10.1. The molecule has 0 bridgehead atoms. The Morgan fingerprint density at radius 1 is 0.778 bits per heavy atom. The Kier molecular flexibility index (Phi) is 2.91. The van der Waals surface area contributed by atoms with Crippen molar-refractivity contribution in [2.24, 2.45) is 0 Å². The molecular formula is C15H16O3. The van der Waals surface area contributed by atoms with Crippen LogP contribution in [0.2, 0.25) is 0 Å². The van der Waals surface area contributed by atoms with Crippen molar-refractivity contribution in [1.29, 1.82) is 0 Å². The Hall–Kier alpha value is -2.16. The first-order valence-corrected chi connectivity index (χ1v) is 5.74. The lowest BCUT2D eigenvalue weighted by Crippen LogP contribution is -1.93. The zero-order valence-electron chi connectivity index (χ0n) is 10.7. The summed E-state index contributed by atoms with van der Waals surface area (Å²) in [5.74, 6) is -0.110. The lowest BCUT2D eigenvalue weighted by Gasteiger charge is -2.16. The largest absolute Gasteiger partial charge is 0.508 e. The van der Waals surface area contributed by atoms with Crippen molar-refractivity contribution >= 4 is 0 Å². The van der Waals surface area contributed by atoms with E-state index in [1.807, 2.05) is 13.8 Å². The molecule has 0 unspecified atom stereocenters. The molecule has 0 radical (unpaired) electrons. The summed E-state index contributed by atoms with van der Waals surface area (Å²) >= 11 is 0. The molecule has 0 atom stereocenters. The van der Waals surface area contributed by atoms with Crippen LogP contribution in [0.15, 0.2) is 24.3 Å². The van der Waals surface area contributed by atoms with Gasteiger partial charge in [-0.05, 0) is 55.2 Å². The molecule has 0 aliphatic rings. The minimum absolute atomic E-state index is 0.101. The highest BCUT2D eigenvalue weighted by Gasteiger charge is 2.17. The summed E-state index contributed by atoms with van der Waals surface area (Å²) < 4.78 is 0. The lowest BCUT2D eigenvalue weighted by atomic mass is 9.92. The number of aromatic hydroxyl groups is 3. The summed E-state index contributed by atoms with van der Waals surface area (Å²) in [5, 5.41) is 29.5. The molecule has 3 nitrogen and oxygen atoms in total. The maximum Gasteiger partial charge on any atom is 0.165 e. The van der Waals surface area contributed by atoms with Gasteiger partial charge in [0.2, 0.25) is 0 Å². The van der Waals surface area contributed by atoms with Crippen LogP contribution < -0.4 is 0 Å². The summed E-state index contributed by atoms with van der Waals surface area (Å²) in [6.45, 7) is 5.56. The lowest BCUT2D eigenvalue weighted by molar-refractivity contribution is 0.401. The van der Waals surface area contributed by atoms with Gasteiger partial charge in [0.05, 0.1) is 0 Å². The molecule has 2 aromatic rings. The van der Waals surface area contributed by atoms with Crippen LogP contribution in [0, 0.1) is 20.8 Å². The third-order valence-electron chi connectivity index (χ3n) is 3.45. The van der Waals surface area contributed by atoms with Crippen LogP contribution >= 0.6 is 0 Å². The molecule has 0 heterocycles. The number of hydrogen-bond acceptors (Lipinski definition) is 3. The van der Waals surface area contributed by atoms with E-state index in [2.05, 4.69) is 0 Å². The SMILES string of the molecule is Cc1c(C)c(O)c(O)c(-c2cccc(O)c2)c1C. The topological polar surface area (TPSA) is 60.7 Å². The molecule has 0 fully saturated rings. The molecule has 3 heteroatoms. The van der Waals surface area contributed by atoms with E-state index in [1.165, 1.54) is 0 Å². The van der Waals surface area contributed by atoms with Gasteiger partial charge in [-0.3, -0.25) is 0 Å². The zero-order chi connectivity index (χ0) is 13.4. The molecule has 0 aromatic heterocycles. The first-order valence-electron chi connectivity index (χ1n) is 5.74. The van der Waals surface area contributed by atoms with Gasteiger partial charge in [0.15, 0.2) is 11.5 Å². The van der Waals surface area contributed by atoms with Crippen molar-refractivity contribution in [1.82, 2.24) is 0 Å². The molecule has 0 amide bonds. The van der Waals surface area contributed by atoms with Crippen LogP contribution in [-0.2, 0) is 0 Å². The second-order valence-electron chi connectivity index (χ2n) is 4.50. The van der Waals surface area contributed by atoms with Crippen LogP contribution in [0.5, 0.6) is 17.2 Å². The van der Waals surface area contributed by atoms with Crippen molar-refractivity contribution in [3.63, 3.8) is 0 Å². The van der Waals surface area contributed by atoms with E-state index in [0.717, 1.165) is 11.1 Å². The molecule has 18 heavy (non-hydrogen) atoms. The number of benzene rings is 2. The average Bonchev–Trinajstić information content (AvgIpc) is 2.34. The highest BCUT2D eigenvalue weighted by atomic mass is 16.3. The first-order chi connectivity index (χ1) is 8.43. The Balaban J connectivity index is 2.80. The Bertz CT molecular complexity index is 586. The van der Waals surface area contributed by atoms with Crippen molar-refractivity contribution < 1.29 is 15.3 Å². The molecule has 2 aromatic carbocycles. The molecule has 0 saturated heterocycles. The predicted molar refractivity (Wildman–Crippen MR) is 71.1 cm³/mol. The van der Waals surface area contributed by atoms with Gasteiger partial charge in [-0.2, -0.15) is 0 Å². The summed E-state index contributed by atoms with van der Waals surface area (Å²) in [6, 6.07) is 6.62. The highest BCUT2D eigenvalue weighted by molar-refractivity contribution is 5.79. The van der Waals surface area contributed by atoms with Crippen molar-refractivity contribution in [2.45, 2.75) is 20.8 Å². The van der Waals surface area contributed by atoms with Crippen LogP contribution in [0.4, 0.5) is 0 Å². The summed E-state index contributed by atoms with van der Waals surface area (Å²) in [5.41, 5.74) is 3.75. The molecule has 0 spiro atoms. The minimum Gasteiger partial charge on any atom is -0.508 e. The van der Waals surface area contributed by atoms with E-state index in [1.54, 1.807) is 31.2 Å². The Labute approximate surface area is 106 Å². The van der Waals surface area contributed by atoms with Gasteiger partial charge in [0.1, 0.15) is 5.75 Å². The van der Waals surface area contributed by atoms with Gasteiger partial charge < -0.3 is 15.3 Å². The fourth-order valence-electron chi connectivity index (χ4n) is 2.13. The van der Waals surface area contributed by atoms with E-state index in [4.69, 9.17) is 0 Å². The monoisotopic (exact) mass is 244 g/mol. The molecule has 2 rings (SSSR count). The smallest absolute Gasteiger partial charge is 0.165 e. The van der Waals surface area contributed by atoms with E-state index in [-0.39, 0.29) is 17.2 Å². The zero-order valence-corrected chi connectivity index (χ0v) is 10.7. The number of phenols is 3. The van der Waals surface area contributed by atoms with E-state index >= 15 is 0 Å². The summed E-state index contributed by atoms with van der Waals surface area (Å²) in [4.78, 5) is 0. The van der Waals surface area contributed by atoms with E-state index < -0.39 is 0 Å². The van der Waals surface area contributed by atoms with Crippen LogP contribution in [-0.4, -0.2) is 15.3 Å². The third-order valence-corrected chi connectivity index (χ3v) is 3.45. The van der Waals surface area contributed by atoms with Crippen molar-refractivity contribution in [2.75, 3.05) is 0 Å². The number of phenolic OH excluding ortho intramolecular Hbond substituents is 3. The van der Waals surface area contributed by atoms with Crippen molar-refractivity contribution in [3.8, 4) is 28.4 Å². The van der Waals surface area contributed by atoms with Gasteiger partial charge in [0, 0.05) is 5.56 Å². The van der Waals surface area contributed by atoms with Gasteiger partial charge in [-0.15, -0.1) is 0 Å². The van der Waals surface area contributed by atoms with Crippen LogP contribution in [0.1, 0.15) is 16.7 Å². The number of rotatable bonds is 1. The Morgan fingerprint density at radius 3 is 2.06 bits per heavy atom. The van der Waals surface area contributed by atoms with Gasteiger partial charge in [-0.1, -0.05) is 12.1 Å². The second kappa shape index (κ2) is 4.26. The first kappa shape index (κ1) is 12.3. The molecule has 3 N–H and O–H groups in total. The molecular weight excluding hydrogens is 228 g/mol. The molecule has 0 saturated carbocycles. The van der Waals surface area contributed by atoms with Gasteiger partial charge in [-0.25, -0.2) is 0 Å². The van der Waals surface area contributed by atoms with Crippen molar-refractivity contribution in [3.05, 3.63) is 41.0 Å². The molecule has 94 valence electrons. The fraction of sp³-hybridized carbons (Fsp3) is 0.200. The molecule has 0 aliphatic carbocycles. The van der Waals surface area contributed by atoms with E-state index in [9.17, 15) is 15.3 Å². The Morgan fingerprint density at radius 2 is 1.44 bits per heavy atom. The average molecular weight is 244 g/mol. The number of hydrogen-bond donors (Lipinski definition) is 3. The third kappa shape index (κ3) is 1.78. The van der Waals surface area contributed by atoms with Crippen LogP contribution in [0.25, 0.3) is 11.1 Å². The normalized spacial score (nSPS) is 10.6. The summed E-state index contributed by atoms with van der Waals surface area (Å²) in [6.07, 6.45) is 0. The highest BCUT2D eigenvalue weighted by Crippen LogP contribution is 2.43. The van der Waals surface area contributed by atoms with Gasteiger partial charge in [0.25, 0.3) is 0 Å². The second-order valence-corrected chi connectivity index (χ2v) is 4.50. The maximum atomic E-state index is 10.1. The predicted octanol–water partition coefficient (Wildman–Crippen LogP) is 3.40. The van der Waals surface area contributed by atoms with Gasteiger partial charge >= 0.3 is 0 Å². The quantitative estimate of drug-likeness (QED) is 0.674. The fourth-order valence-corrected chi connectivity index (χ4v) is 2.13. The standard InChI is InChI=1S/C15H16O3/c1-8-9(2)13(15(18)14(17)10(8)3)11-5-4-6-12(16)7-11/h4-7,16-18H,1-3H3. The molecule has 0 aliphatic heterocycles.